The second kappa shape index (κ2) is 4.53. The second-order valence-electron chi connectivity index (χ2n) is 4.15. The van der Waals surface area contributed by atoms with Crippen LogP contribution in [0.25, 0.3) is 0 Å². The van der Waals surface area contributed by atoms with Gasteiger partial charge in [0.2, 0.25) is 11.8 Å². The first-order valence-electron chi connectivity index (χ1n) is 5.30. The molecule has 5 heteroatoms. The van der Waals surface area contributed by atoms with Gasteiger partial charge in [-0.3, -0.25) is 19.8 Å². The standard InChI is InChI=1S/C10H16N2O2S/c1-15-8-4-2-3-7(8)12-5-9(13)11-10(14)6-12/h7-8H,2-6H2,1H3,(H,11,13,14). The number of imide groups is 1. The monoisotopic (exact) mass is 228 g/mol. The Morgan fingerprint density at radius 2 is 1.93 bits per heavy atom. The van der Waals surface area contributed by atoms with Crippen molar-refractivity contribution in [2.45, 2.75) is 30.6 Å². The second-order valence-corrected chi connectivity index (χ2v) is 5.23. The van der Waals surface area contributed by atoms with Gasteiger partial charge in [0.25, 0.3) is 0 Å². The van der Waals surface area contributed by atoms with Crippen LogP contribution in [-0.2, 0) is 9.59 Å². The van der Waals surface area contributed by atoms with E-state index >= 15 is 0 Å². The number of carbonyl (C=O) groups is 2. The van der Waals surface area contributed by atoms with Gasteiger partial charge in [-0.15, -0.1) is 0 Å². The largest absolute Gasteiger partial charge is 0.294 e. The predicted molar refractivity (Wildman–Crippen MR) is 59.7 cm³/mol. The lowest BCUT2D eigenvalue weighted by molar-refractivity contribution is -0.136. The fourth-order valence-corrected chi connectivity index (χ4v) is 3.52. The van der Waals surface area contributed by atoms with Crippen LogP contribution in [0.1, 0.15) is 19.3 Å². The first-order valence-corrected chi connectivity index (χ1v) is 6.59. The SMILES string of the molecule is CSC1CCCC1N1CC(=O)NC(=O)C1. The van der Waals surface area contributed by atoms with E-state index in [1.54, 1.807) is 0 Å². The van der Waals surface area contributed by atoms with E-state index in [2.05, 4.69) is 11.6 Å². The van der Waals surface area contributed by atoms with Crippen molar-refractivity contribution in [3.8, 4) is 0 Å². The molecule has 2 amide bonds. The molecular formula is C10H16N2O2S. The van der Waals surface area contributed by atoms with Gasteiger partial charge in [-0.05, 0) is 19.1 Å². The van der Waals surface area contributed by atoms with E-state index in [0.717, 1.165) is 6.42 Å². The van der Waals surface area contributed by atoms with Gasteiger partial charge >= 0.3 is 0 Å². The van der Waals surface area contributed by atoms with E-state index in [9.17, 15) is 9.59 Å². The van der Waals surface area contributed by atoms with Crippen LogP contribution in [0, 0.1) is 0 Å². The van der Waals surface area contributed by atoms with Gasteiger partial charge < -0.3 is 0 Å². The lowest BCUT2D eigenvalue weighted by Gasteiger charge is -2.33. The molecule has 4 nitrogen and oxygen atoms in total. The summed E-state index contributed by atoms with van der Waals surface area (Å²) in [7, 11) is 0. The van der Waals surface area contributed by atoms with Gasteiger partial charge in [-0.25, -0.2) is 0 Å². The topological polar surface area (TPSA) is 49.4 Å². The van der Waals surface area contributed by atoms with Crippen molar-refractivity contribution in [2.75, 3.05) is 19.3 Å². The molecule has 1 aliphatic heterocycles. The number of hydrogen-bond acceptors (Lipinski definition) is 4. The third-order valence-electron chi connectivity index (χ3n) is 3.16. The van der Waals surface area contributed by atoms with E-state index in [4.69, 9.17) is 0 Å². The molecule has 0 aromatic carbocycles. The Labute approximate surface area is 93.8 Å². The van der Waals surface area contributed by atoms with Crippen molar-refractivity contribution in [1.29, 1.82) is 0 Å². The molecule has 2 aliphatic rings. The average Bonchev–Trinajstić information content (AvgIpc) is 2.63. The highest BCUT2D eigenvalue weighted by molar-refractivity contribution is 7.99. The zero-order chi connectivity index (χ0) is 10.8. The summed E-state index contributed by atoms with van der Waals surface area (Å²) in [6.45, 7) is 0.765. The maximum Gasteiger partial charge on any atom is 0.240 e. The van der Waals surface area contributed by atoms with Crippen molar-refractivity contribution in [1.82, 2.24) is 10.2 Å². The number of nitrogens with zero attached hydrogens (tertiary/aromatic N) is 1. The number of nitrogens with one attached hydrogen (secondary N) is 1. The Hall–Kier alpha value is -0.550. The van der Waals surface area contributed by atoms with Crippen LogP contribution in [0.5, 0.6) is 0 Å². The number of hydrogen-bond donors (Lipinski definition) is 1. The molecule has 2 unspecified atom stereocenters. The molecule has 2 rings (SSSR count). The molecule has 0 spiro atoms. The van der Waals surface area contributed by atoms with Gasteiger partial charge in [0, 0.05) is 11.3 Å². The summed E-state index contributed by atoms with van der Waals surface area (Å²) < 4.78 is 0. The predicted octanol–water partition coefficient (Wildman–Crippen LogP) is 0.229. The Kier molecular flexibility index (Phi) is 3.31. The maximum absolute atomic E-state index is 11.3. The first-order chi connectivity index (χ1) is 7.20. The van der Waals surface area contributed by atoms with E-state index in [1.165, 1.54) is 12.8 Å². The summed E-state index contributed by atoms with van der Waals surface area (Å²) in [5.74, 6) is -0.309. The minimum absolute atomic E-state index is 0.155. The molecule has 0 radical (unpaired) electrons. The number of thioether (sulfide) groups is 1. The molecule has 1 heterocycles. The molecule has 2 fully saturated rings. The van der Waals surface area contributed by atoms with Gasteiger partial charge in [0.1, 0.15) is 0 Å². The highest BCUT2D eigenvalue weighted by Crippen LogP contribution is 2.32. The van der Waals surface area contributed by atoms with E-state index in [1.807, 2.05) is 16.7 Å². The molecule has 0 bridgehead atoms. The Balaban J connectivity index is 2.02. The number of rotatable bonds is 2. The Morgan fingerprint density at radius 1 is 1.27 bits per heavy atom. The molecule has 0 aromatic heterocycles. The fraction of sp³-hybridized carbons (Fsp3) is 0.800. The van der Waals surface area contributed by atoms with Gasteiger partial charge in [-0.1, -0.05) is 6.42 Å². The summed E-state index contributed by atoms with van der Waals surface area (Å²) >= 11 is 1.85. The number of piperazine rings is 1. The zero-order valence-corrected chi connectivity index (χ0v) is 9.68. The maximum atomic E-state index is 11.3. The third-order valence-corrected chi connectivity index (χ3v) is 4.32. The number of amides is 2. The quantitative estimate of drug-likeness (QED) is 0.687. The normalized spacial score (nSPS) is 33.1. The van der Waals surface area contributed by atoms with E-state index in [-0.39, 0.29) is 11.8 Å². The van der Waals surface area contributed by atoms with Gasteiger partial charge in [0.05, 0.1) is 13.1 Å². The van der Waals surface area contributed by atoms with Crippen molar-refractivity contribution in [2.24, 2.45) is 0 Å². The van der Waals surface area contributed by atoms with Crippen molar-refractivity contribution < 1.29 is 9.59 Å². The highest BCUT2D eigenvalue weighted by atomic mass is 32.2. The summed E-state index contributed by atoms with van der Waals surface area (Å²) in [6, 6.07) is 0.412. The molecule has 0 aromatic rings. The molecule has 1 N–H and O–H groups in total. The summed E-state index contributed by atoms with van der Waals surface area (Å²) in [4.78, 5) is 24.5. The number of carbonyl (C=O) groups excluding carboxylic acids is 2. The highest BCUT2D eigenvalue weighted by Gasteiger charge is 2.35. The van der Waals surface area contributed by atoms with E-state index in [0.29, 0.717) is 24.4 Å². The Bertz CT molecular complexity index is 267. The lowest BCUT2D eigenvalue weighted by atomic mass is 10.2. The summed E-state index contributed by atoms with van der Waals surface area (Å²) in [5.41, 5.74) is 0. The minimum atomic E-state index is -0.155. The van der Waals surface area contributed by atoms with Crippen LogP contribution in [-0.4, -0.2) is 47.4 Å². The van der Waals surface area contributed by atoms with E-state index < -0.39 is 0 Å². The van der Waals surface area contributed by atoms with Gasteiger partial charge in [-0.2, -0.15) is 11.8 Å². The summed E-state index contributed by atoms with van der Waals surface area (Å²) in [5, 5.41) is 2.93. The summed E-state index contributed by atoms with van der Waals surface area (Å²) in [6.07, 6.45) is 5.64. The lowest BCUT2D eigenvalue weighted by Crippen LogP contribution is -2.55. The van der Waals surface area contributed by atoms with Crippen molar-refractivity contribution in [3.05, 3.63) is 0 Å². The van der Waals surface area contributed by atoms with Crippen molar-refractivity contribution >= 4 is 23.6 Å². The zero-order valence-electron chi connectivity index (χ0n) is 8.86. The smallest absolute Gasteiger partial charge is 0.240 e. The van der Waals surface area contributed by atoms with Crippen LogP contribution in [0.4, 0.5) is 0 Å². The fourth-order valence-electron chi connectivity index (χ4n) is 2.49. The average molecular weight is 228 g/mol. The Morgan fingerprint density at radius 3 is 2.53 bits per heavy atom. The molecular weight excluding hydrogens is 212 g/mol. The van der Waals surface area contributed by atoms with Crippen molar-refractivity contribution in [3.63, 3.8) is 0 Å². The molecule has 1 saturated carbocycles. The van der Waals surface area contributed by atoms with Crippen LogP contribution in [0.3, 0.4) is 0 Å². The van der Waals surface area contributed by atoms with Crippen LogP contribution in [0.2, 0.25) is 0 Å². The van der Waals surface area contributed by atoms with Gasteiger partial charge in [0.15, 0.2) is 0 Å². The third kappa shape index (κ3) is 2.34. The van der Waals surface area contributed by atoms with Crippen LogP contribution in [0.15, 0.2) is 0 Å². The first kappa shape index (κ1) is 11.0. The van der Waals surface area contributed by atoms with Crippen LogP contribution >= 0.6 is 11.8 Å². The molecule has 15 heavy (non-hydrogen) atoms. The van der Waals surface area contributed by atoms with Crippen LogP contribution < -0.4 is 5.32 Å². The molecule has 84 valence electrons. The minimum Gasteiger partial charge on any atom is -0.294 e. The molecule has 2 atom stereocenters. The molecule has 1 aliphatic carbocycles. The molecule has 1 saturated heterocycles.